The van der Waals surface area contributed by atoms with E-state index in [2.05, 4.69) is 5.32 Å². The van der Waals surface area contributed by atoms with E-state index in [1.165, 1.54) is 11.3 Å². The Bertz CT molecular complexity index is 735. The number of rotatable bonds is 2. The van der Waals surface area contributed by atoms with Gasteiger partial charge in [0.25, 0.3) is 5.91 Å². The van der Waals surface area contributed by atoms with E-state index in [-0.39, 0.29) is 17.2 Å². The standard InChI is InChI=1S/C15H11NO2S/c17-14-12-4-2-1-3-10(12)5-6-13(14)15(18)16-11-7-8-19-9-11/h1-9,17H,(H,16,18). The molecule has 2 aromatic carbocycles. The van der Waals surface area contributed by atoms with Gasteiger partial charge in [0.2, 0.25) is 0 Å². The molecule has 0 aliphatic carbocycles. The molecule has 1 aromatic heterocycles. The van der Waals surface area contributed by atoms with Gasteiger partial charge in [0, 0.05) is 10.8 Å². The smallest absolute Gasteiger partial charge is 0.259 e. The highest BCUT2D eigenvalue weighted by Gasteiger charge is 2.13. The average molecular weight is 269 g/mol. The van der Waals surface area contributed by atoms with Crippen LogP contribution in [0, 0.1) is 0 Å². The molecule has 1 heterocycles. The molecule has 0 spiro atoms. The lowest BCUT2D eigenvalue weighted by atomic mass is 10.0. The van der Waals surface area contributed by atoms with Gasteiger partial charge in [0.15, 0.2) is 0 Å². The quantitative estimate of drug-likeness (QED) is 0.742. The minimum absolute atomic E-state index is 0.0193. The van der Waals surface area contributed by atoms with Crippen molar-refractivity contribution >= 4 is 33.7 Å². The Kier molecular flexibility index (Phi) is 2.93. The highest BCUT2D eigenvalue weighted by Crippen LogP contribution is 2.29. The second-order valence-electron chi connectivity index (χ2n) is 4.15. The molecule has 0 fully saturated rings. The first-order valence-electron chi connectivity index (χ1n) is 5.80. The summed E-state index contributed by atoms with van der Waals surface area (Å²) in [5, 5.41) is 18.3. The summed E-state index contributed by atoms with van der Waals surface area (Å²) >= 11 is 1.51. The predicted molar refractivity (Wildman–Crippen MR) is 77.9 cm³/mol. The zero-order valence-electron chi connectivity index (χ0n) is 9.96. The van der Waals surface area contributed by atoms with Crippen LogP contribution in [0.3, 0.4) is 0 Å². The van der Waals surface area contributed by atoms with Crippen LogP contribution in [-0.4, -0.2) is 11.0 Å². The Morgan fingerprint density at radius 1 is 1.11 bits per heavy atom. The van der Waals surface area contributed by atoms with Crippen molar-refractivity contribution in [2.75, 3.05) is 5.32 Å². The molecule has 0 aliphatic heterocycles. The van der Waals surface area contributed by atoms with E-state index in [0.29, 0.717) is 5.39 Å². The first kappa shape index (κ1) is 11.7. The zero-order chi connectivity index (χ0) is 13.2. The lowest BCUT2D eigenvalue weighted by Crippen LogP contribution is -2.11. The minimum Gasteiger partial charge on any atom is -0.506 e. The molecule has 0 atom stereocenters. The van der Waals surface area contributed by atoms with Crippen LogP contribution in [0.15, 0.2) is 53.2 Å². The summed E-state index contributed by atoms with van der Waals surface area (Å²) in [6.45, 7) is 0. The third-order valence-corrected chi connectivity index (χ3v) is 3.61. The summed E-state index contributed by atoms with van der Waals surface area (Å²) in [5.41, 5.74) is 1.02. The largest absolute Gasteiger partial charge is 0.506 e. The summed E-state index contributed by atoms with van der Waals surface area (Å²) in [5.74, 6) is -0.285. The third kappa shape index (κ3) is 2.18. The average Bonchev–Trinajstić information content (AvgIpc) is 2.92. The number of carbonyl (C=O) groups excluding carboxylic acids is 1. The van der Waals surface area contributed by atoms with Gasteiger partial charge < -0.3 is 10.4 Å². The summed E-state index contributed by atoms with van der Waals surface area (Å²) < 4.78 is 0. The van der Waals surface area contributed by atoms with Gasteiger partial charge in [-0.05, 0) is 22.9 Å². The van der Waals surface area contributed by atoms with Crippen molar-refractivity contribution in [3.8, 4) is 5.75 Å². The number of hydrogen-bond acceptors (Lipinski definition) is 3. The fourth-order valence-corrected chi connectivity index (χ4v) is 2.56. The Labute approximate surface area is 114 Å². The van der Waals surface area contributed by atoms with Gasteiger partial charge >= 0.3 is 0 Å². The Morgan fingerprint density at radius 2 is 1.95 bits per heavy atom. The molecule has 3 aromatic rings. The van der Waals surface area contributed by atoms with Gasteiger partial charge in [-0.2, -0.15) is 11.3 Å². The van der Waals surface area contributed by atoms with Crippen LogP contribution in [0.4, 0.5) is 5.69 Å². The molecule has 3 nitrogen and oxygen atoms in total. The van der Waals surface area contributed by atoms with E-state index in [1.807, 2.05) is 41.1 Å². The van der Waals surface area contributed by atoms with Crippen LogP contribution in [0.5, 0.6) is 5.75 Å². The molecular weight excluding hydrogens is 258 g/mol. The normalized spacial score (nSPS) is 10.5. The third-order valence-electron chi connectivity index (χ3n) is 2.92. The van der Waals surface area contributed by atoms with Gasteiger partial charge in [-0.3, -0.25) is 4.79 Å². The highest BCUT2D eigenvalue weighted by atomic mass is 32.1. The fraction of sp³-hybridized carbons (Fsp3) is 0. The van der Waals surface area contributed by atoms with E-state index < -0.39 is 0 Å². The van der Waals surface area contributed by atoms with E-state index in [0.717, 1.165) is 11.1 Å². The number of carbonyl (C=O) groups is 1. The van der Waals surface area contributed by atoms with Crippen molar-refractivity contribution in [2.24, 2.45) is 0 Å². The number of aromatic hydroxyl groups is 1. The lowest BCUT2D eigenvalue weighted by molar-refractivity contribution is 0.102. The molecule has 2 N–H and O–H groups in total. The molecule has 0 aliphatic rings. The second-order valence-corrected chi connectivity index (χ2v) is 4.93. The Morgan fingerprint density at radius 3 is 2.74 bits per heavy atom. The predicted octanol–water partition coefficient (Wildman–Crippen LogP) is 3.86. The van der Waals surface area contributed by atoms with Crippen molar-refractivity contribution in [3.05, 3.63) is 58.8 Å². The molecule has 0 radical (unpaired) electrons. The number of phenols is 1. The number of benzene rings is 2. The number of anilines is 1. The molecule has 0 saturated heterocycles. The highest BCUT2D eigenvalue weighted by molar-refractivity contribution is 7.08. The Hall–Kier alpha value is -2.33. The number of phenolic OH excluding ortho intramolecular Hbond substituents is 1. The van der Waals surface area contributed by atoms with Crippen LogP contribution < -0.4 is 5.32 Å². The summed E-state index contributed by atoms with van der Waals surface area (Å²) in [7, 11) is 0. The van der Waals surface area contributed by atoms with Crippen LogP contribution in [0.1, 0.15) is 10.4 Å². The zero-order valence-corrected chi connectivity index (χ0v) is 10.8. The summed E-state index contributed by atoms with van der Waals surface area (Å²) in [4.78, 5) is 12.1. The minimum atomic E-state index is -0.304. The molecule has 4 heteroatoms. The molecule has 1 amide bonds. The Balaban J connectivity index is 2.01. The van der Waals surface area contributed by atoms with E-state index >= 15 is 0 Å². The van der Waals surface area contributed by atoms with Crippen LogP contribution in [-0.2, 0) is 0 Å². The van der Waals surface area contributed by atoms with E-state index in [4.69, 9.17) is 0 Å². The van der Waals surface area contributed by atoms with E-state index in [9.17, 15) is 9.90 Å². The van der Waals surface area contributed by atoms with Crippen molar-refractivity contribution in [1.82, 2.24) is 0 Å². The van der Waals surface area contributed by atoms with Gasteiger partial charge in [-0.1, -0.05) is 30.3 Å². The molecule has 0 bridgehead atoms. The van der Waals surface area contributed by atoms with Crippen molar-refractivity contribution in [3.63, 3.8) is 0 Å². The number of fused-ring (bicyclic) bond motifs is 1. The topological polar surface area (TPSA) is 49.3 Å². The van der Waals surface area contributed by atoms with Crippen molar-refractivity contribution in [1.29, 1.82) is 0 Å². The van der Waals surface area contributed by atoms with Gasteiger partial charge in [0.1, 0.15) is 5.75 Å². The number of thiophene rings is 1. The van der Waals surface area contributed by atoms with Crippen molar-refractivity contribution < 1.29 is 9.90 Å². The van der Waals surface area contributed by atoms with Gasteiger partial charge in [0.05, 0.1) is 11.3 Å². The molecule has 0 unspecified atom stereocenters. The molecule has 0 saturated carbocycles. The summed E-state index contributed by atoms with van der Waals surface area (Å²) in [6, 6.07) is 12.7. The van der Waals surface area contributed by atoms with Gasteiger partial charge in [-0.15, -0.1) is 0 Å². The number of amides is 1. The maximum atomic E-state index is 12.1. The van der Waals surface area contributed by atoms with Crippen LogP contribution in [0.25, 0.3) is 10.8 Å². The second kappa shape index (κ2) is 4.74. The maximum Gasteiger partial charge on any atom is 0.259 e. The monoisotopic (exact) mass is 269 g/mol. The van der Waals surface area contributed by atoms with Crippen LogP contribution in [0.2, 0.25) is 0 Å². The fourth-order valence-electron chi connectivity index (χ4n) is 1.97. The number of hydrogen-bond donors (Lipinski definition) is 2. The summed E-state index contributed by atoms with van der Waals surface area (Å²) in [6.07, 6.45) is 0. The molecule has 3 rings (SSSR count). The first-order chi connectivity index (χ1) is 9.25. The molecule has 19 heavy (non-hydrogen) atoms. The van der Waals surface area contributed by atoms with Crippen LogP contribution >= 0.6 is 11.3 Å². The SMILES string of the molecule is O=C(Nc1ccsc1)c1ccc2ccccc2c1O. The lowest BCUT2D eigenvalue weighted by Gasteiger charge is -2.08. The van der Waals surface area contributed by atoms with E-state index in [1.54, 1.807) is 12.1 Å². The maximum absolute atomic E-state index is 12.1. The number of nitrogens with one attached hydrogen (secondary N) is 1. The molecule has 94 valence electrons. The first-order valence-corrected chi connectivity index (χ1v) is 6.74. The molecular formula is C15H11NO2S. The van der Waals surface area contributed by atoms with Gasteiger partial charge in [-0.25, -0.2) is 0 Å². The van der Waals surface area contributed by atoms with Crippen molar-refractivity contribution in [2.45, 2.75) is 0 Å².